The van der Waals surface area contributed by atoms with Crippen molar-refractivity contribution in [2.24, 2.45) is 0 Å². The normalized spacial score (nSPS) is 15.2. The van der Waals surface area contributed by atoms with Crippen LogP contribution >= 0.6 is 0 Å². The summed E-state index contributed by atoms with van der Waals surface area (Å²) < 4.78 is 13.5. The molecule has 40 heavy (non-hydrogen) atoms. The summed E-state index contributed by atoms with van der Waals surface area (Å²) >= 11 is 0. The molecule has 2 aliphatic heterocycles. The van der Waals surface area contributed by atoms with Crippen LogP contribution in [0.25, 0.3) is 38.2 Å². The molecule has 0 atom stereocenters. The number of hydrogen-bond acceptors (Lipinski definition) is 2. The van der Waals surface area contributed by atoms with E-state index in [0.29, 0.717) is 0 Å². The highest BCUT2D eigenvalue weighted by molar-refractivity contribution is 6.94. The maximum atomic E-state index is 6.76. The lowest BCUT2D eigenvalue weighted by molar-refractivity contribution is 0.419. The largest absolute Gasteiger partial charge is 0.457 e. The van der Waals surface area contributed by atoms with E-state index in [0.717, 1.165) is 61.7 Å². The van der Waals surface area contributed by atoms with Crippen molar-refractivity contribution in [2.75, 3.05) is 0 Å². The van der Waals surface area contributed by atoms with Gasteiger partial charge in [-0.2, -0.15) is 0 Å². The average molecular weight is 512 g/mol. The molecule has 0 saturated carbocycles. The van der Waals surface area contributed by atoms with Gasteiger partial charge in [0.25, 0.3) is 6.71 Å². The molecule has 188 valence electrons. The van der Waals surface area contributed by atoms with Gasteiger partial charge in [0.1, 0.15) is 17.3 Å². The summed E-state index contributed by atoms with van der Waals surface area (Å²) in [6.45, 7) is 4.11. The predicted octanol–water partition coefficient (Wildman–Crippen LogP) is 7.88. The Bertz CT molecular complexity index is 2050. The van der Waals surface area contributed by atoms with E-state index in [-0.39, 0.29) is 6.71 Å². The molecule has 0 unspecified atom stereocenters. The number of rotatable bonds is 3. The average Bonchev–Trinajstić information content (AvgIpc) is 3.41. The molecule has 0 N–H and O–H groups in total. The fourth-order valence-electron chi connectivity index (χ4n) is 6.56. The van der Waals surface area contributed by atoms with E-state index >= 15 is 0 Å². The molecule has 0 bridgehead atoms. The summed E-state index contributed by atoms with van der Waals surface area (Å²) in [6, 6.07) is 32.4. The number of fused-ring (bicyclic) bond motifs is 6. The highest BCUT2D eigenvalue weighted by atomic mass is 16.5. The van der Waals surface area contributed by atoms with Crippen LogP contribution in [0.4, 0.5) is 0 Å². The van der Waals surface area contributed by atoms with Gasteiger partial charge >= 0.3 is 0 Å². The lowest BCUT2D eigenvalue weighted by Crippen LogP contribution is -2.51. The fourth-order valence-corrected chi connectivity index (χ4v) is 6.56. The highest BCUT2D eigenvalue weighted by Gasteiger charge is 2.45. The van der Waals surface area contributed by atoms with Gasteiger partial charge in [0.15, 0.2) is 5.76 Å². The van der Waals surface area contributed by atoms with Gasteiger partial charge in [0.2, 0.25) is 0 Å². The lowest BCUT2D eigenvalue weighted by atomic mass is 9.34. The Kier molecular flexibility index (Phi) is 5.04. The van der Waals surface area contributed by atoms with Crippen LogP contribution in [0.1, 0.15) is 19.4 Å². The summed E-state index contributed by atoms with van der Waals surface area (Å²) in [7, 11) is 0. The zero-order valence-corrected chi connectivity index (χ0v) is 22.4. The van der Waals surface area contributed by atoms with Gasteiger partial charge in [-0.05, 0) is 57.5 Å². The molecule has 0 aromatic heterocycles. The van der Waals surface area contributed by atoms with Crippen molar-refractivity contribution in [1.29, 1.82) is 0 Å². The first-order chi connectivity index (χ1) is 19.8. The van der Waals surface area contributed by atoms with Crippen LogP contribution in [-0.4, -0.2) is 6.71 Å². The molecule has 0 radical (unpaired) electrons. The molecular weight excluding hydrogens is 487 g/mol. The van der Waals surface area contributed by atoms with Crippen molar-refractivity contribution in [1.82, 2.24) is 0 Å². The van der Waals surface area contributed by atoms with Gasteiger partial charge in [0.05, 0.1) is 0 Å². The van der Waals surface area contributed by atoms with E-state index in [9.17, 15) is 0 Å². The second-order valence-electron chi connectivity index (χ2n) is 10.4. The van der Waals surface area contributed by atoms with Crippen LogP contribution < -0.4 is 20.4 Å². The van der Waals surface area contributed by atoms with E-state index in [1.165, 1.54) is 21.5 Å². The van der Waals surface area contributed by atoms with Crippen LogP contribution in [-0.2, 0) is 0 Å². The molecule has 0 saturated heterocycles. The predicted molar refractivity (Wildman–Crippen MR) is 167 cm³/mol. The van der Waals surface area contributed by atoms with Crippen LogP contribution in [0.3, 0.4) is 0 Å². The summed E-state index contributed by atoms with van der Waals surface area (Å²) in [6.07, 6.45) is 8.37. The highest BCUT2D eigenvalue weighted by Crippen LogP contribution is 2.46. The summed E-state index contributed by atoms with van der Waals surface area (Å²) in [5.74, 6) is 3.38. The maximum Gasteiger partial charge on any atom is 0.261 e. The molecule has 3 aliphatic rings. The SMILES string of the molecule is C/C=C\C(=C/C)c1c2c(cc3ccccc13)B1C3=C(C=C=C3Oc3c1cc1ccccc1c3-c1ccccc1)O2. The molecule has 0 spiro atoms. The van der Waals surface area contributed by atoms with Gasteiger partial charge in [-0.1, -0.05) is 115 Å². The molecular formula is C37H25BO2. The summed E-state index contributed by atoms with van der Waals surface area (Å²) in [4.78, 5) is 0. The third-order valence-electron chi connectivity index (χ3n) is 8.24. The van der Waals surface area contributed by atoms with E-state index in [1.807, 2.05) is 6.08 Å². The molecule has 2 nitrogen and oxygen atoms in total. The van der Waals surface area contributed by atoms with Crippen molar-refractivity contribution >= 4 is 44.8 Å². The third-order valence-corrected chi connectivity index (χ3v) is 8.24. The van der Waals surface area contributed by atoms with Gasteiger partial charge in [-0.15, -0.1) is 0 Å². The molecule has 5 aromatic carbocycles. The fraction of sp³-hybridized carbons (Fsp3) is 0.0541. The molecule has 0 amide bonds. The third kappa shape index (κ3) is 3.19. The van der Waals surface area contributed by atoms with Crippen molar-refractivity contribution in [3.8, 4) is 22.6 Å². The number of allylic oxidation sites excluding steroid dienone is 5. The monoisotopic (exact) mass is 512 g/mol. The van der Waals surface area contributed by atoms with Gasteiger partial charge in [0, 0.05) is 22.7 Å². The molecule has 5 aromatic rings. The smallest absolute Gasteiger partial charge is 0.261 e. The second kappa shape index (κ2) is 8.78. The number of hydrogen-bond donors (Lipinski definition) is 0. The van der Waals surface area contributed by atoms with Crippen LogP contribution in [0.15, 0.2) is 138 Å². The first kappa shape index (κ1) is 23.0. The quantitative estimate of drug-likeness (QED) is 0.139. The standard InChI is InChI=1S/C37H25BO2/c1-3-12-23(4-2)33-27-17-10-8-15-25(27)21-29-36(33)39-31-19-20-32-35(31)38(29)30-22-26-16-9-11-18-28(26)34(37(30)40-32)24-13-6-5-7-14-24/h3-19,21-22H,1-2H3/b12-3-,23-4+. The Hall–Kier alpha value is -4.98. The molecule has 3 heteroatoms. The summed E-state index contributed by atoms with van der Waals surface area (Å²) in [5, 5.41) is 4.75. The Morgan fingerprint density at radius 1 is 0.750 bits per heavy atom. The van der Waals surface area contributed by atoms with Crippen LogP contribution in [0.2, 0.25) is 0 Å². The van der Waals surface area contributed by atoms with Gasteiger partial charge < -0.3 is 9.47 Å². The van der Waals surface area contributed by atoms with E-state index < -0.39 is 0 Å². The Balaban J connectivity index is 1.50. The number of ether oxygens (including phenoxy) is 2. The Labute approximate surface area is 234 Å². The zero-order valence-electron chi connectivity index (χ0n) is 22.4. The molecule has 2 heterocycles. The second-order valence-corrected chi connectivity index (χ2v) is 10.4. The van der Waals surface area contributed by atoms with E-state index in [1.54, 1.807) is 0 Å². The van der Waals surface area contributed by atoms with Gasteiger partial charge in [-0.3, -0.25) is 0 Å². The van der Waals surface area contributed by atoms with Crippen LogP contribution in [0.5, 0.6) is 11.5 Å². The molecule has 8 rings (SSSR count). The summed E-state index contributed by atoms with van der Waals surface area (Å²) in [5.41, 5.74) is 11.3. The Morgan fingerprint density at radius 2 is 1.43 bits per heavy atom. The zero-order chi connectivity index (χ0) is 26.8. The van der Waals surface area contributed by atoms with Crippen molar-refractivity contribution in [3.05, 3.63) is 144 Å². The minimum Gasteiger partial charge on any atom is -0.457 e. The topological polar surface area (TPSA) is 18.5 Å². The van der Waals surface area contributed by atoms with Crippen LogP contribution in [0, 0.1) is 0 Å². The first-order valence-corrected chi connectivity index (χ1v) is 13.8. The van der Waals surface area contributed by atoms with Gasteiger partial charge in [-0.25, -0.2) is 0 Å². The lowest BCUT2D eigenvalue weighted by Gasteiger charge is -2.34. The first-order valence-electron chi connectivity index (χ1n) is 13.8. The van der Waals surface area contributed by atoms with E-state index in [4.69, 9.17) is 9.47 Å². The van der Waals surface area contributed by atoms with Crippen molar-refractivity contribution < 1.29 is 9.47 Å². The molecule has 1 aliphatic carbocycles. The maximum absolute atomic E-state index is 6.76. The van der Waals surface area contributed by atoms with Crippen molar-refractivity contribution in [2.45, 2.75) is 13.8 Å². The minimum absolute atomic E-state index is 0.0390. The Morgan fingerprint density at radius 3 is 2.17 bits per heavy atom. The minimum atomic E-state index is -0.0390. The molecule has 0 fully saturated rings. The van der Waals surface area contributed by atoms with E-state index in [2.05, 4.69) is 129 Å². The van der Waals surface area contributed by atoms with Crippen molar-refractivity contribution in [3.63, 3.8) is 0 Å². The number of benzene rings is 5.